The molecular formula is C9H11FN2O. The lowest BCUT2D eigenvalue weighted by Crippen LogP contribution is -2.19. The second kappa shape index (κ2) is 3.70. The van der Waals surface area contributed by atoms with Gasteiger partial charge in [0.15, 0.2) is 0 Å². The molecule has 1 N–H and O–H groups in total. The highest BCUT2D eigenvalue weighted by Gasteiger charge is 2.15. The molecule has 70 valence electrons. The van der Waals surface area contributed by atoms with Gasteiger partial charge in [0.1, 0.15) is 11.9 Å². The summed E-state index contributed by atoms with van der Waals surface area (Å²) in [6, 6.07) is 2.90. The number of rotatable bonds is 2. The molecule has 0 bridgehead atoms. The standard InChI is InChI=1S/C9H11FN2O/c10-7-1-2-9(12-5-7)13-8-3-4-11-6-8/h1-2,5,8,11H,3-4,6H2/t8-/m0/s1. The summed E-state index contributed by atoms with van der Waals surface area (Å²) in [7, 11) is 0. The van der Waals surface area contributed by atoms with E-state index in [2.05, 4.69) is 10.3 Å². The average Bonchev–Trinajstić information content (AvgIpc) is 2.62. The summed E-state index contributed by atoms with van der Waals surface area (Å²) < 4.78 is 18.0. The van der Waals surface area contributed by atoms with Crippen LogP contribution >= 0.6 is 0 Å². The number of ether oxygens (including phenoxy) is 1. The van der Waals surface area contributed by atoms with Crippen LogP contribution in [0.15, 0.2) is 18.3 Å². The molecule has 1 aromatic heterocycles. The van der Waals surface area contributed by atoms with E-state index >= 15 is 0 Å². The van der Waals surface area contributed by atoms with E-state index in [0.29, 0.717) is 5.88 Å². The molecule has 2 rings (SSSR count). The molecule has 0 radical (unpaired) electrons. The number of aromatic nitrogens is 1. The van der Waals surface area contributed by atoms with Gasteiger partial charge in [-0.1, -0.05) is 0 Å². The smallest absolute Gasteiger partial charge is 0.213 e. The Labute approximate surface area is 75.9 Å². The van der Waals surface area contributed by atoms with Gasteiger partial charge in [-0.3, -0.25) is 0 Å². The van der Waals surface area contributed by atoms with Crippen molar-refractivity contribution in [3.63, 3.8) is 0 Å². The largest absolute Gasteiger partial charge is 0.473 e. The van der Waals surface area contributed by atoms with Crippen molar-refractivity contribution in [3.8, 4) is 5.88 Å². The Morgan fingerprint density at radius 2 is 2.46 bits per heavy atom. The van der Waals surface area contributed by atoms with E-state index in [4.69, 9.17) is 4.74 Å². The van der Waals surface area contributed by atoms with Crippen LogP contribution in [0.1, 0.15) is 6.42 Å². The van der Waals surface area contributed by atoms with Crippen LogP contribution in [0, 0.1) is 5.82 Å². The Morgan fingerprint density at radius 3 is 3.08 bits per heavy atom. The summed E-state index contributed by atoms with van der Waals surface area (Å²) in [4.78, 5) is 3.82. The van der Waals surface area contributed by atoms with Crippen molar-refractivity contribution < 1.29 is 9.13 Å². The van der Waals surface area contributed by atoms with Gasteiger partial charge < -0.3 is 10.1 Å². The quantitative estimate of drug-likeness (QED) is 0.739. The molecule has 0 amide bonds. The van der Waals surface area contributed by atoms with Crippen LogP contribution in [-0.2, 0) is 0 Å². The predicted octanol–water partition coefficient (Wildman–Crippen LogP) is 0.961. The van der Waals surface area contributed by atoms with Gasteiger partial charge in [0.05, 0.1) is 6.20 Å². The summed E-state index contributed by atoms with van der Waals surface area (Å²) in [5, 5.41) is 3.18. The third-order valence-corrected chi connectivity index (χ3v) is 2.00. The van der Waals surface area contributed by atoms with Crippen LogP contribution in [-0.4, -0.2) is 24.2 Å². The topological polar surface area (TPSA) is 34.1 Å². The Balaban J connectivity index is 1.97. The van der Waals surface area contributed by atoms with E-state index in [1.807, 2.05) is 0 Å². The van der Waals surface area contributed by atoms with Crippen LogP contribution in [0.5, 0.6) is 5.88 Å². The maximum absolute atomic E-state index is 12.5. The SMILES string of the molecule is Fc1ccc(O[C@H]2CCNC2)nc1. The minimum atomic E-state index is -0.336. The van der Waals surface area contributed by atoms with Gasteiger partial charge >= 0.3 is 0 Å². The first-order valence-corrected chi connectivity index (χ1v) is 4.33. The Hall–Kier alpha value is -1.16. The Kier molecular flexibility index (Phi) is 2.40. The van der Waals surface area contributed by atoms with Crippen LogP contribution < -0.4 is 10.1 Å². The molecule has 1 aliphatic heterocycles. The number of pyridine rings is 1. The van der Waals surface area contributed by atoms with Gasteiger partial charge in [-0.15, -0.1) is 0 Å². The van der Waals surface area contributed by atoms with Gasteiger partial charge in [-0.05, 0) is 19.0 Å². The zero-order chi connectivity index (χ0) is 9.10. The average molecular weight is 182 g/mol. The summed E-state index contributed by atoms with van der Waals surface area (Å²) in [5.74, 6) is 0.159. The van der Waals surface area contributed by atoms with Crippen molar-refractivity contribution in [2.75, 3.05) is 13.1 Å². The van der Waals surface area contributed by atoms with Crippen molar-refractivity contribution in [3.05, 3.63) is 24.1 Å². The zero-order valence-electron chi connectivity index (χ0n) is 7.16. The highest BCUT2D eigenvalue weighted by molar-refractivity contribution is 5.11. The molecule has 1 aliphatic rings. The molecule has 2 heterocycles. The molecule has 13 heavy (non-hydrogen) atoms. The highest BCUT2D eigenvalue weighted by atomic mass is 19.1. The van der Waals surface area contributed by atoms with E-state index in [-0.39, 0.29) is 11.9 Å². The minimum Gasteiger partial charge on any atom is -0.473 e. The Bertz CT molecular complexity index is 269. The Morgan fingerprint density at radius 1 is 1.54 bits per heavy atom. The van der Waals surface area contributed by atoms with E-state index < -0.39 is 0 Å². The zero-order valence-corrected chi connectivity index (χ0v) is 7.16. The number of halogens is 1. The molecular weight excluding hydrogens is 171 g/mol. The number of hydrogen-bond donors (Lipinski definition) is 1. The normalized spacial score (nSPS) is 21.8. The van der Waals surface area contributed by atoms with E-state index in [1.54, 1.807) is 6.07 Å². The molecule has 0 aromatic carbocycles. The van der Waals surface area contributed by atoms with Gasteiger partial charge in [0.2, 0.25) is 5.88 Å². The van der Waals surface area contributed by atoms with Crippen molar-refractivity contribution in [2.24, 2.45) is 0 Å². The van der Waals surface area contributed by atoms with Crippen LogP contribution in [0.25, 0.3) is 0 Å². The third kappa shape index (κ3) is 2.15. The lowest BCUT2D eigenvalue weighted by Gasteiger charge is -2.10. The molecule has 4 heteroatoms. The summed E-state index contributed by atoms with van der Waals surface area (Å²) in [6.07, 6.45) is 2.33. The molecule has 1 saturated heterocycles. The predicted molar refractivity (Wildman–Crippen MR) is 46.1 cm³/mol. The number of hydrogen-bond acceptors (Lipinski definition) is 3. The fourth-order valence-electron chi connectivity index (χ4n) is 1.33. The van der Waals surface area contributed by atoms with Crippen molar-refractivity contribution in [2.45, 2.75) is 12.5 Å². The van der Waals surface area contributed by atoms with Crippen molar-refractivity contribution in [1.29, 1.82) is 0 Å². The minimum absolute atomic E-state index is 0.179. The first-order chi connectivity index (χ1) is 6.34. The number of nitrogens with zero attached hydrogens (tertiary/aromatic N) is 1. The second-order valence-corrected chi connectivity index (χ2v) is 3.05. The fourth-order valence-corrected chi connectivity index (χ4v) is 1.33. The monoisotopic (exact) mass is 182 g/mol. The summed E-state index contributed by atoms with van der Waals surface area (Å²) in [5.41, 5.74) is 0. The fraction of sp³-hybridized carbons (Fsp3) is 0.444. The van der Waals surface area contributed by atoms with Gasteiger partial charge in [0, 0.05) is 12.6 Å². The lowest BCUT2D eigenvalue weighted by molar-refractivity contribution is 0.213. The second-order valence-electron chi connectivity index (χ2n) is 3.05. The van der Waals surface area contributed by atoms with Crippen LogP contribution in [0.2, 0.25) is 0 Å². The van der Waals surface area contributed by atoms with Crippen LogP contribution in [0.3, 0.4) is 0 Å². The van der Waals surface area contributed by atoms with Gasteiger partial charge in [-0.25, -0.2) is 9.37 Å². The lowest BCUT2D eigenvalue weighted by atomic mass is 10.3. The maximum atomic E-state index is 12.5. The molecule has 0 spiro atoms. The molecule has 1 aromatic rings. The van der Waals surface area contributed by atoms with Gasteiger partial charge in [-0.2, -0.15) is 0 Å². The van der Waals surface area contributed by atoms with E-state index in [1.165, 1.54) is 6.07 Å². The van der Waals surface area contributed by atoms with Gasteiger partial charge in [0.25, 0.3) is 0 Å². The van der Waals surface area contributed by atoms with E-state index in [0.717, 1.165) is 25.7 Å². The van der Waals surface area contributed by atoms with Crippen molar-refractivity contribution >= 4 is 0 Å². The van der Waals surface area contributed by atoms with Crippen LogP contribution in [0.4, 0.5) is 4.39 Å². The van der Waals surface area contributed by atoms with E-state index in [9.17, 15) is 4.39 Å². The summed E-state index contributed by atoms with van der Waals surface area (Å²) >= 11 is 0. The molecule has 3 nitrogen and oxygen atoms in total. The number of nitrogens with one attached hydrogen (secondary N) is 1. The molecule has 0 unspecified atom stereocenters. The maximum Gasteiger partial charge on any atom is 0.213 e. The molecule has 1 atom stereocenters. The highest BCUT2D eigenvalue weighted by Crippen LogP contribution is 2.11. The molecule has 1 fully saturated rings. The molecule has 0 aliphatic carbocycles. The first kappa shape index (κ1) is 8.44. The summed E-state index contributed by atoms with van der Waals surface area (Å²) in [6.45, 7) is 1.82. The third-order valence-electron chi connectivity index (χ3n) is 2.00. The molecule has 0 saturated carbocycles. The first-order valence-electron chi connectivity index (χ1n) is 4.33. The van der Waals surface area contributed by atoms with Crippen molar-refractivity contribution in [1.82, 2.24) is 10.3 Å².